The van der Waals surface area contributed by atoms with Crippen molar-refractivity contribution < 1.29 is 14.2 Å². The highest BCUT2D eigenvalue weighted by Crippen LogP contribution is 2.39. The first kappa shape index (κ1) is 12.9. The van der Waals surface area contributed by atoms with Gasteiger partial charge in [0, 0.05) is 18.7 Å². The fraction of sp³-hybridized carbons (Fsp3) is 0.200. The average molecular weight is 292 g/mol. The predicted molar refractivity (Wildman–Crippen MR) is 77.9 cm³/mol. The van der Waals surface area contributed by atoms with E-state index in [9.17, 15) is 0 Å². The Hall–Kier alpha value is -2.07. The molecule has 0 aliphatic carbocycles. The smallest absolute Gasteiger partial charge is 0.231 e. The number of anilines is 1. The van der Waals surface area contributed by atoms with E-state index in [4.69, 9.17) is 25.8 Å². The normalized spacial score (nSPS) is 12.3. The molecule has 0 aromatic heterocycles. The quantitative estimate of drug-likeness (QED) is 0.932. The third kappa shape index (κ3) is 2.60. The second-order valence-electron chi connectivity index (χ2n) is 4.39. The van der Waals surface area contributed by atoms with Gasteiger partial charge < -0.3 is 19.5 Å². The fourth-order valence-electron chi connectivity index (χ4n) is 1.99. The zero-order chi connectivity index (χ0) is 13.9. The minimum absolute atomic E-state index is 0.244. The summed E-state index contributed by atoms with van der Waals surface area (Å²) in [7, 11) is 1.65. The summed E-state index contributed by atoms with van der Waals surface area (Å²) in [6.07, 6.45) is 0. The summed E-state index contributed by atoms with van der Waals surface area (Å²) in [5.74, 6) is 2.24. The molecule has 0 unspecified atom stereocenters. The summed E-state index contributed by atoms with van der Waals surface area (Å²) in [6.45, 7) is 0.914. The van der Waals surface area contributed by atoms with E-state index in [1.807, 2.05) is 30.3 Å². The average Bonchev–Trinajstić information content (AvgIpc) is 2.92. The highest BCUT2D eigenvalue weighted by atomic mass is 35.5. The van der Waals surface area contributed by atoms with Crippen molar-refractivity contribution in [1.82, 2.24) is 0 Å². The van der Waals surface area contributed by atoms with Crippen molar-refractivity contribution in [3.05, 3.63) is 47.0 Å². The molecule has 1 aliphatic rings. The molecule has 20 heavy (non-hydrogen) atoms. The molecule has 0 bridgehead atoms. The van der Waals surface area contributed by atoms with Gasteiger partial charge in [-0.2, -0.15) is 0 Å². The van der Waals surface area contributed by atoms with E-state index in [2.05, 4.69) is 5.32 Å². The summed E-state index contributed by atoms with van der Waals surface area (Å²) in [4.78, 5) is 0. The van der Waals surface area contributed by atoms with Gasteiger partial charge >= 0.3 is 0 Å². The molecule has 0 saturated carbocycles. The van der Waals surface area contributed by atoms with E-state index >= 15 is 0 Å². The van der Waals surface area contributed by atoms with Gasteiger partial charge in [0.05, 0.1) is 17.8 Å². The molecule has 4 nitrogen and oxygen atoms in total. The molecule has 0 fully saturated rings. The van der Waals surface area contributed by atoms with Gasteiger partial charge in [0.25, 0.3) is 0 Å². The topological polar surface area (TPSA) is 39.7 Å². The maximum Gasteiger partial charge on any atom is 0.231 e. The van der Waals surface area contributed by atoms with Gasteiger partial charge in [-0.3, -0.25) is 0 Å². The SMILES string of the molecule is COc1ccc(CNc2cc3c(cc2Cl)OCO3)cc1. The van der Waals surface area contributed by atoms with Crippen LogP contribution in [0.5, 0.6) is 17.2 Å². The van der Waals surface area contributed by atoms with E-state index in [-0.39, 0.29) is 6.79 Å². The maximum atomic E-state index is 6.20. The van der Waals surface area contributed by atoms with Gasteiger partial charge in [-0.1, -0.05) is 23.7 Å². The largest absolute Gasteiger partial charge is 0.497 e. The van der Waals surface area contributed by atoms with Crippen LogP contribution in [0.25, 0.3) is 0 Å². The number of nitrogens with one attached hydrogen (secondary N) is 1. The van der Waals surface area contributed by atoms with Crippen LogP contribution in [0.2, 0.25) is 5.02 Å². The lowest BCUT2D eigenvalue weighted by Crippen LogP contribution is -2.00. The molecule has 1 aliphatic heterocycles. The monoisotopic (exact) mass is 291 g/mol. The van der Waals surface area contributed by atoms with Crippen LogP contribution in [-0.2, 0) is 6.54 Å². The molecular formula is C15H14ClNO3. The number of hydrogen-bond donors (Lipinski definition) is 1. The van der Waals surface area contributed by atoms with E-state index < -0.39 is 0 Å². The Labute approximate surface area is 122 Å². The van der Waals surface area contributed by atoms with Gasteiger partial charge in [-0.05, 0) is 17.7 Å². The fourth-order valence-corrected chi connectivity index (χ4v) is 2.21. The van der Waals surface area contributed by atoms with Gasteiger partial charge in [-0.15, -0.1) is 0 Å². The maximum absolute atomic E-state index is 6.20. The van der Waals surface area contributed by atoms with Crippen LogP contribution in [0.3, 0.4) is 0 Å². The molecule has 0 saturated heterocycles. The number of methoxy groups -OCH3 is 1. The second-order valence-corrected chi connectivity index (χ2v) is 4.79. The summed E-state index contributed by atoms with van der Waals surface area (Å²) in [5.41, 5.74) is 1.96. The van der Waals surface area contributed by atoms with Crippen LogP contribution in [0.4, 0.5) is 5.69 Å². The molecule has 1 N–H and O–H groups in total. The molecule has 1 heterocycles. The number of halogens is 1. The highest BCUT2D eigenvalue weighted by Gasteiger charge is 2.16. The molecule has 104 valence electrons. The lowest BCUT2D eigenvalue weighted by Gasteiger charge is -2.10. The van der Waals surface area contributed by atoms with Crippen molar-refractivity contribution in [1.29, 1.82) is 0 Å². The zero-order valence-corrected chi connectivity index (χ0v) is 11.7. The molecule has 0 amide bonds. The van der Waals surface area contributed by atoms with Crippen LogP contribution in [0.15, 0.2) is 36.4 Å². The van der Waals surface area contributed by atoms with E-state index in [1.54, 1.807) is 13.2 Å². The van der Waals surface area contributed by atoms with Gasteiger partial charge in [0.1, 0.15) is 5.75 Å². The van der Waals surface area contributed by atoms with Crippen LogP contribution < -0.4 is 19.5 Å². The molecule has 3 rings (SSSR count). The standard InChI is InChI=1S/C15H14ClNO3/c1-18-11-4-2-10(3-5-11)8-17-13-7-15-14(6-12(13)16)19-9-20-15/h2-7,17H,8-9H2,1H3. The number of fused-ring (bicyclic) bond motifs is 1. The first-order chi connectivity index (χ1) is 9.76. The molecule has 2 aromatic carbocycles. The van der Waals surface area contributed by atoms with Gasteiger partial charge in [-0.25, -0.2) is 0 Å². The molecule has 5 heteroatoms. The van der Waals surface area contributed by atoms with Crippen LogP contribution >= 0.6 is 11.6 Å². The number of ether oxygens (including phenoxy) is 3. The molecular weight excluding hydrogens is 278 g/mol. The van der Waals surface area contributed by atoms with Crippen molar-refractivity contribution in [3.63, 3.8) is 0 Å². The minimum Gasteiger partial charge on any atom is -0.497 e. The Kier molecular flexibility index (Phi) is 3.56. The number of rotatable bonds is 4. The second kappa shape index (κ2) is 5.51. The van der Waals surface area contributed by atoms with E-state index in [1.165, 1.54) is 0 Å². The number of benzene rings is 2. The predicted octanol–water partition coefficient (Wildman–Crippen LogP) is 3.69. The summed E-state index contributed by atoms with van der Waals surface area (Å²) >= 11 is 6.20. The Morgan fingerprint density at radius 3 is 2.55 bits per heavy atom. The van der Waals surface area contributed by atoms with Crippen molar-refractivity contribution in [2.24, 2.45) is 0 Å². The Morgan fingerprint density at radius 2 is 1.85 bits per heavy atom. The summed E-state index contributed by atoms with van der Waals surface area (Å²) < 4.78 is 15.7. The van der Waals surface area contributed by atoms with E-state index in [0.717, 1.165) is 17.0 Å². The third-order valence-corrected chi connectivity index (χ3v) is 3.42. The first-order valence-electron chi connectivity index (χ1n) is 6.22. The first-order valence-corrected chi connectivity index (χ1v) is 6.60. The molecule has 2 aromatic rings. The van der Waals surface area contributed by atoms with E-state index in [0.29, 0.717) is 23.1 Å². The van der Waals surface area contributed by atoms with Crippen molar-refractivity contribution in [2.45, 2.75) is 6.54 Å². The summed E-state index contributed by atoms with van der Waals surface area (Å²) in [5, 5.41) is 3.90. The van der Waals surface area contributed by atoms with Crippen LogP contribution in [0, 0.1) is 0 Å². The Bertz CT molecular complexity index is 613. The van der Waals surface area contributed by atoms with Gasteiger partial charge in [0.2, 0.25) is 6.79 Å². The third-order valence-electron chi connectivity index (χ3n) is 3.10. The van der Waals surface area contributed by atoms with Gasteiger partial charge in [0.15, 0.2) is 11.5 Å². The molecule has 0 atom stereocenters. The van der Waals surface area contributed by atoms with Crippen LogP contribution in [-0.4, -0.2) is 13.9 Å². The molecule has 0 spiro atoms. The Morgan fingerprint density at radius 1 is 1.15 bits per heavy atom. The van der Waals surface area contributed by atoms with Crippen LogP contribution in [0.1, 0.15) is 5.56 Å². The van der Waals surface area contributed by atoms with Crippen molar-refractivity contribution in [3.8, 4) is 17.2 Å². The number of hydrogen-bond acceptors (Lipinski definition) is 4. The van der Waals surface area contributed by atoms with Crippen molar-refractivity contribution >= 4 is 17.3 Å². The lowest BCUT2D eigenvalue weighted by molar-refractivity contribution is 0.174. The van der Waals surface area contributed by atoms with Crippen molar-refractivity contribution in [2.75, 3.05) is 19.2 Å². The Balaban J connectivity index is 1.71. The molecule has 0 radical (unpaired) electrons. The summed E-state index contributed by atoms with van der Waals surface area (Å²) in [6, 6.07) is 11.5. The zero-order valence-electron chi connectivity index (χ0n) is 11.0. The highest BCUT2D eigenvalue weighted by molar-refractivity contribution is 6.33. The minimum atomic E-state index is 0.244. The lowest BCUT2D eigenvalue weighted by atomic mass is 10.2.